The normalized spacial score (nSPS) is 15.8. The van der Waals surface area contributed by atoms with Crippen LogP contribution in [-0.4, -0.2) is 42.3 Å². The molecule has 24 heavy (non-hydrogen) atoms. The zero-order valence-electron chi connectivity index (χ0n) is 12.8. The number of nitrogens with zero attached hydrogens (tertiary/aromatic N) is 1. The summed E-state index contributed by atoms with van der Waals surface area (Å²) in [6.45, 7) is 3.44. The van der Waals surface area contributed by atoms with Crippen LogP contribution in [0.15, 0.2) is 40.2 Å². The number of amides is 2. The van der Waals surface area contributed by atoms with Crippen LogP contribution in [0.2, 0.25) is 0 Å². The lowest BCUT2D eigenvalue weighted by atomic mass is 10.2. The van der Waals surface area contributed by atoms with E-state index in [1.165, 1.54) is 13.2 Å². The van der Waals surface area contributed by atoms with Crippen molar-refractivity contribution in [3.8, 4) is 5.75 Å². The van der Waals surface area contributed by atoms with E-state index in [1.54, 1.807) is 24.3 Å². The van der Waals surface area contributed by atoms with Crippen molar-refractivity contribution in [3.05, 3.63) is 45.8 Å². The Hall–Kier alpha value is -2.06. The third-order valence-corrected chi connectivity index (χ3v) is 4.42. The molecule has 1 heterocycles. The minimum Gasteiger partial charge on any atom is -0.481 e. The number of benzene rings is 1. The van der Waals surface area contributed by atoms with Gasteiger partial charge in [-0.2, -0.15) is 0 Å². The summed E-state index contributed by atoms with van der Waals surface area (Å²) in [5, 5.41) is -0.349. The molecule has 0 N–H and O–H groups in total. The van der Waals surface area contributed by atoms with Gasteiger partial charge in [0.1, 0.15) is 5.75 Å². The van der Waals surface area contributed by atoms with E-state index >= 15 is 0 Å². The summed E-state index contributed by atoms with van der Waals surface area (Å²) in [5.74, 6) is -0.502. The van der Waals surface area contributed by atoms with Crippen LogP contribution in [-0.2, 0) is 14.3 Å². The fraction of sp³-hybridized carbons (Fsp3) is 0.188. The second-order valence-electron chi connectivity index (χ2n) is 4.63. The molecule has 2 rings (SSSR count). The highest BCUT2D eigenvalue weighted by Gasteiger charge is 2.34. The number of carbonyl (C=O) groups excluding carboxylic acids is 3. The van der Waals surface area contributed by atoms with Crippen molar-refractivity contribution in [2.45, 2.75) is 0 Å². The molecule has 1 saturated heterocycles. The van der Waals surface area contributed by atoms with Crippen LogP contribution in [0.1, 0.15) is 5.56 Å². The van der Waals surface area contributed by atoms with Crippen molar-refractivity contribution in [2.75, 3.05) is 20.3 Å². The molecule has 8 heteroatoms. The molecule has 0 spiro atoms. The largest absolute Gasteiger partial charge is 0.481 e. The van der Waals surface area contributed by atoms with E-state index in [0.717, 1.165) is 21.1 Å². The van der Waals surface area contributed by atoms with E-state index < -0.39 is 5.97 Å². The minimum atomic E-state index is -0.518. The number of hydrogen-bond donors (Lipinski definition) is 0. The number of halogens is 1. The predicted molar refractivity (Wildman–Crippen MR) is 94.5 cm³/mol. The van der Waals surface area contributed by atoms with Crippen molar-refractivity contribution < 1.29 is 23.9 Å². The van der Waals surface area contributed by atoms with Crippen LogP contribution < -0.4 is 4.74 Å². The van der Waals surface area contributed by atoms with Gasteiger partial charge in [0.15, 0.2) is 6.61 Å². The summed E-state index contributed by atoms with van der Waals surface area (Å²) in [6.07, 6.45) is 3.05. The van der Waals surface area contributed by atoms with Crippen molar-refractivity contribution in [2.24, 2.45) is 0 Å². The van der Waals surface area contributed by atoms with Gasteiger partial charge >= 0.3 is 5.97 Å². The summed E-state index contributed by atoms with van der Waals surface area (Å²) in [4.78, 5) is 36.7. The van der Waals surface area contributed by atoms with E-state index in [1.807, 2.05) is 0 Å². The fourth-order valence-electron chi connectivity index (χ4n) is 1.89. The van der Waals surface area contributed by atoms with Gasteiger partial charge in [0, 0.05) is 16.6 Å². The predicted octanol–water partition coefficient (Wildman–Crippen LogP) is 3.22. The van der Waals surface area contributed by atoms with Gasteiger partial charge in [-0.25, -0.2) is 4.79 Å². The first kappa shape index (κ1) is 18.3. The lowest BCUT2D eigenvalue weighted by Crippen LogP contribution is -2.27. The summed E-state index contributed by atoms with van der Waals surface area (Å²) in [5.41, 5.74) is 0.567. The van der Waals surface area contributed by atoms with Gasteiger partial charge in [0.25, 0.3) is 11.1 Å². The smallest absolute Gasteiger partial charge is 0.343 e. The monoisotopic (exact) mass is 411 g/mol. The molecule has 0 saturated carbocycles. The maximum atomic E-state index is 12.3. The SMILES string of the molecule is C=CCN1C(=O)S/C(=C\c2cc(Br)ccc2OCC(=O)OC)C1=O. The minimum absolute atomic E-state index is 0.159. The zero-order chi connectivity index (χ0) is 17.7. The third-order valence-electron chi connectivity index (χ3n) is 3.02. The molecule has 0 atom stereocenters. The Morgan fingerprint density at radius 2 is 2.17 bits per heavy atom. The highest BCUT2D eigenvalue weighted by molar-refractivity contribution is 9.10. The van der Waals surface area contributed by atoms with Crippen molar-refractivity contribution in [1.82, 2.24) is 4.90 Å². The van der Waals surface area contributed by atoms with Crippen molar-refractivity contribution >= 4 is 50.9 Å². The van der Waals surface area contributed by atoms with Gasteiger partial charge in [0.2, 0.25) is 0 Å². The second kappa shape index (κ2) is 8.16. The Morgan fingerprint density at radius 1 is 1.42 bits per heavy atom. The van der Waals surface area contributed by atoms with Crippen LogP contribution >= 0.6 is 27.7 Å². The first-order chi connectivity index (χ1) is 11.5. The highest BCUT2D eigenvalue weighted by atomic mass is 79.9. The molecule has 1 aromatic rings. The van der Waals surface area contributed by atoms with Gasteiger partial charge in [-0.3, -0.25) is 14.5 Å². The molecule has 0 bridgehead atoms. The summed E-state index contributed by atoms with van der Waals surface area (Å²) >= 11 is 4.19. The average Bonchev–Trinajstić information content (AvgIpc) is 2.81. The number of hydrogen-bond acceptors (Lipinski definition) is 6. The molecule has 0 aliphatic carbocycles. The van der Waals surface area contributed by atoms with Crippen molar-refractivity contribution in [1.29, 1.82) is 0 Å². The second-order valence-corrected chi connectivity index (χ2v) is 6.54. The van der Waals surface area contributed by atoms with E-state index in [-0.39, 0.29) is 29.2 Å². The third kappa shape index (κ3) is 4.27. The van der Waals surface area contributed by atoms with E-state index in [9.17, 15) is 14.4 Å². The highest BCUT2D eigenvalue weighted by Crippen LogP contribution is 2.34. The molecule has 126 valence electrons. The van der Waals surface area contributed by atoms with Crippen LogP contribution in [0, 0.1) is 0 Å². The number of esters is 1. The summed E-state index contributed by atoms with van der Waals surface area (Å²) in [6, 6.07) is 5.13. The molecular weight excluding hydrogens is 398 g/mol. The lowest BCUT2D eigenvalue weighted by molar-refractivity contribution is -0.142. The first-order valence-corrected chi connectivity index (χ1v) is 8.42. The molecule has 2 amide bonds. The van der Waals surface area contributed by atoms with Gasteiger partial charge in [0.05, 0.1) is 12.0 Å². The van der Waals surface area contributed by atoms with Crippen molar-refractivity contribution in [3.63, 3.8) is 0 Å². The Balaban J connectivity index is 2.29. The Kier molecular flexibility index (Phi) is 6.22. The number of ether oxygens (including phenoxy) is 2. The first-order valence-electron chi connectivity index (χ1n) is 6.81. The van der Waals surface area contributed by atoms with E-state index in [2.05, 4.69) is 27.2 Å². The van der Waals surface area contributed by atoms with Gasteiger partial charge in [-0.15, -0.1) is 6.58 Å². The van der Waals surface area contributed by atoms with Crippen LogP contribution in [0.25, 0.3) is 6.08 Å². The zero-order valence-corrected chi connectivity index (χ0v) is 15.2. The quantitative estimate of drug-likeness (QED) is 0.406. The molecular formula is C16H14BrNO5S. The molecule has 1 aliphatic rings. The van der Waals surface area contributed by atoms with Gasteiger partial charge < -0.3 is 9.47 Å². The summed E-state index contributed by atoms with van der Waals surface area (Å²) in [7, 11) is 1.27. The van der Waals surface area contributed by atoms with Crippen LogP contribution in [0.3, 0.4) is 0 Å². The molecule has 6 nitrogen and oxygen atoms in total. The topological polar surface area (TPSA) is 72.9 Å². The number of rotatable bonds is 6. The average molecular weight is 412 g/mol. The Bertz CT molecular complexity index is 731. The number of thioether (sulfide) groups is 1. The molecule has 1 aromatic carbocycles. The fourth-order valence-corrected chi connectivity index (χ4v) is 3.10. The molecule has 0 unspecified atom stereocenters. The maximum absolute atomic E-state index is 12.3. The van der Waals surface area contributed by atoms with Crippen LogP contribution in [0.5, 0.6) is 5.75 Å². The Labute approximate surface area is 151 Å². The molecule has 0 aromatic heterocycles. The summed E-state index contributed by atoms with van der Waals surface area (Å²) < 4.78 is 10.7. The number of carbonyl (C=O) groups is 3. The number of imide groups is 1. The maximum Gasteiger partial charge on any atom is 0.343 e. The van der Waals surface area contributed by atoms with Crippen LogP contribution in [0.4, 0.5) is 4.79 Å². The molecule has 1 fully saturated rings. The lowest BCUT2D eigenvalue weighted by Gasteiger charge is -2.10. The number of methoxy groups -OCH3 is 1. The van der Waals surface area contributed by atoms with E-state index in [0.29, 0.717) is 11.3 Å². The van der Waals surface area contributed by atoms with Gasteiger partial charge in [-0.05, 0) is 36.0 Å². The van der Waals surface area contributed by atoms with E-state index in [4.69, 9.17) is 4.74 Å². The Morgan fingerprint density at radius 3 is 2.83 bits per heavy atom. The molecule has 1 aliphatic heterocycles. The molecule has 0 radical (unpaired) electrons. The van der Waals surface area contributed by atoms with Gasteiger partial charge in [-0.1, -0.05) is 22.0 Å². The standard InChI is InChI=1S/C16H14BrNO5S/c1-3-6-18-15(20)13(24-16(18)21)8-10-7-11(17)4-5-12(10)23-9-14(19)22-2/h3-5,7-8H,1,6,9H2,2H3/b13-8-.